The molecular weight excluding hydrogens is 228 g/mol. The van der Waals surface area contributed by atoms with Crippen LogP contribution in [0.25, 0.3) is 0 Å². The highest BCUT2D eigenvalue weighted by Crippen LogP contribution is 2.38. The molecule has 18 heavy (non-hydrogen) atoms. The molecule has 0 radical (unpaired) electrons. The largest absolute Gasteiger partial charge is 0.497 e. The predicted octanol–water partition coefficient (Wildman–Crippen LogP) is 3.49. The summed E-state index contributed by atoms with van der Waals surface area (Å²) in [4.78, 5) is 11.3. The molecule has 3 nitrogen and oxygen atoms in total. The molecule has 3 heteroatoms. The van der Waals surface area contributed by atoms with Crippen LogP contribution in [0.15, 0.2) is 24.3 Å². The third-order valence-electron chi connectivity index (χ3n) is 3.57. The molecule has 0 saturated heterocycles. The normalized spacial score (nSPS) is 17.4. The smallest absolute Gasteiger partial charge is 0.303 e. The highest BCUT2D eigenvalue weighted by Gasteiger charge is 2.28. The molecule has 1 aliphatic carbocycles. The lowest BCUT2D eigenvalue weighted by Crippen LogP contribution is -2.16. The van der Waals surface area contributed by atoms with Gasteiger partial charge in [-0.15, -0.1) is 0 Å². The lowest BCUT2D eigenvalue weighted by Gasteiger charge is -2.23. The molecule has 0 spiro atoms. The van der Waals surface area contributed by atoms with Gasteiger partial charge in [0.15, 0.2) is 0 Å². The Morgan fingerprint density at radius 1 is 1.22 bits per heavy atom. The Hall–Kier alpha value is -1.51. The van der Waals surface area contributed by atoms with Crippen LogP contribution in [-0.2, 0) is 9.53 Å². The van der Waals surface area contributed by atoms with Crippen molar-refractivity contribution >= 4 is 5.97 Å². The van der Waals surface area contributed by atoms with Gasteiger partial charge in [0.2, 0.25) is 0 Å². The van der Waals surface area contributed by atoms with E-state index in [1.165, 1.54) is 19.8 Å². The monoisotopic (exact) mass is 248 g/mol. The van der Waals surface area contributed by atoms with E-state index >= 15 is 0 Å². The summed E-state index contributed by atoms with van der Waals surface area (Å²) in [6.45, 7) is 1.48. The second kappa shape index (κ2) is 5.89. The van der Waals surface area contributed by atoms with Crippen molar-refractivity contribution in [1.82, 2.24) is 0 Å². The first kappa shape index (κ1) is 12.9. The third-order valence-corrected chi connectivity index (χ3v) is 3.57. The number of ether oxygens (including phenoxy) is 2. The minimum Gasteiger partial charge on any atom is -0.497 e. The third kappa shape index (κ3) is 3.03. The number of hydrogen-bond donors (Lipinski definition) is 0. The van der Waals surface area contributed by atoms with Crippen molar-refractivity contribution in [2.45, 2.75) is 38.7 Å². The number of carbonyl (C=O) groups excluding carboxylic acids is 1. The fraction of sp³-hybridized carbons (Fsp3) is 0.533. The Morgan fingerprint density at radius 2 is 1.83 bits per heavy atom. The van der Waals surface area contributed by atoms with E-state index in [2.05, 4.69) is 0 Å². The van der Waals surface area contributed by atoms with Crippen molar-refractivity contribution in [2.75, 3.05) is 7.11 Å². The Labute approximate surface area is 108 Å². The maximum absolute atomic E-state index is 11.3. The molecule has 2 rings (SSSR count). The fourth-order valence-electron chi connectivity index (χ4n) is 2.67. The minimum atomic E-state index is -0.206. The summed E-state index contributed by atoms with van der Waals surface area (Å²) in [5, 5.41) is 0. The first-order valence-electron chi connectivity index (χ1n) is 6.52. The van der Waals surface area contributed by atoms with Crippen molar-refractivity contribution < 1.29 is 14.3 Å². The van der Waals surface area contributed by atoms with Gasteiger partial charge in [0.25, 0.3) is 0 Å². The highest BCUT2D eigenvalue weighted by atomic mass is 16.5. The van der Waals surface area contributed by atoms with E-state index in [0.29, 0.717) is 5.92 Å². The fourth-order valence-corrected chi connectivity index (χ4v) is 2.67. The van der Waals surface area contributed by atoms with Gasteiger partial charge in [-0.25, -0.2) is 0 Å². The molecule has 0 heterocycles. The maximum atomic E-state index is 11.3. The zero-order valence-electron chi connectivity index (χ0n) is 11.0. The van der Waals surface area contributed by atoms with Gasteiger partial charge < -0.3 is 9.47 Å². The Morgan fingerprint density at radius 3 is 2.33 bits per heavy atom. The second-order valence-corrected chi connectivity index (χ2v) is 4.85. The van der Waals surface area contributed by atoms with Gasteiger partial charge in [-0.3, -0.25) is 4.79 Å². The summed E-state index contributed by atoms with van der Waals surface area (Å²) in [6.07, 6.45) is 4.65. The van der Waals surface area contributed by atoms with Crippen LogP contribution >= 0.6 is 0 Å². The topological polar surface area (TPSA) is 35.5 Å². The van der Waals surface area contributed by atoms with Crippen LogP contribution in [0.4, 0.5) is 0 Å². The summed E-state index contributed by atoms with van der Waals surface area (Å²) < 4.78 is 10.7. The van der Waals surface area contributed by atoms with E-state index in [-0.39, 0.29) is 12.1 Å². The molecule has 1 atom stereocenters. The van der Waals surface area contributed by atoms with Gasteiger partial charge in [-0.05, 0) is 30.5 Å². The van der Waals surface area contributed by atoms with E-state index in [1.807, 2.05) is 24.3 Å². The minimum absolute atomic E-state index is 0.101. The number of esters is 1. The van der Waals surface area contributed by atoms with Crippen LogP contribution in [-0.4, -0.2) is 13.1 Å². The first-order valence-corrected chi connectivity index (χ1v) is 6.52. The zero-order valence-corrected chi connectivity index (χ0v) is 11.0. The number of carbonyl (C=O) groups is 1. The average Bonchev–Trinajstić information content (AvgIpc) is 2.89. The van der Waals surface area contributed by atoms with E-state index in [1.54, 1.807) is 7.11 Å². The molecule has 1 aliphatic rings. The van der Waals surface area contributed by atoms with E-state index < -0.39 is 0 Å². The zero-order chi connectivity index (χ0) is 13.0. The van der Waals surface area contributed by atoms with Crippen LogP contribution in [0.5, 0.6) is 5.75 Å². The van der Waals surface area contributed by atoms with Gasteiger partial charge in [-0.1, -0.05) is 25.0 Å². The molecule has 1 saturated carbocycles. The van der Waals surface area contributed by atoms with Crippen molar-refractivity contribution in [3.8, 4) is 5.75 Å². The number of benzene rings is 1. The van der Waals surface area contributed by atoms with Gasteiger partial charge in [0, 0.05) is 12.8 Å². The summed E-state index contributed by atoms with van der Waals surface area (Å²) >= 11 is 0. The lowest BCUT2D eigenvalue weighted by molar-refractivity contribution is -0.149. The molecule has 0 N–H and O–H groups in total. The molecule has 1 aromatic carbocycles. The van der Waals surface area contributed by atoms with Crippen LogP contribution in [0, 0.1) is 5.92 Å². The van der Waals surface area contributed by atoms with Gasteiger partial charge in [-0.2, -0.15) is 0 Å². The van der Waals surface area contributed by atoms with Crippen molar-refractivity contribution in [3.05, 3.63) is 29.8 Å². The SMILES string of the molecule is COc1ccc(C(OC(C)=O)C2CCCC2)cc1. The molecule has 0 aliphatic heterocycles. The quantitative estimate of drug-likeness (QED) is 0.765. The molecule has 1 fully saturated rings. The molecule has 1 unspecified atom stereocenters. The van der Waals surface area contributed by atoms with Crippen molar-refractivity contribution in [3.63, 3.8) is 0 Å². The summed E-state index contributed by atoms with van der Waals surface area (Å²) in [6, 6.07) is 7.82. The molecule has 98 valence electrons. The summed E-state index contributed by atoms with van der Waals surface area (Å²) in [7, 11) is 1.65. The first-order chi connectivity index (χ1) is 8.70. The number of rotatable bonds is 4. The van der Waals surface area contributed by atoms with Crippen molar-refractivity contribution in [2.24, 2.45) is 5.92 Å². The second-order valence-electron chi connectivity index (χ2n) is 4.85. The molecule has 1 aromatic rings. The van der Waals surface area contributed by atoms with E-state index in [0.717, 1.165) is 24.2 Å². The summed E-state index contributed by atoms with van der Waals surface area (Å²) in [5.74, 6) is 1.08. The van der Waals surface area contributed by atoms with Crippen LogP contribution < -0.4 is 4.74 Å². The number of hydrogen-bond acceptors (Lipinski definition) is 3. The van der Waals surface area contributed by atoms with Gasteiger partial charge >= 0.3 is 5.97 Å². The van der Waals surface area contributed by atoms with Crippen LogP contribution in [0.3, 0.4) is 0 Å². The standard InChI is InChI=1S/C15H20O3/c1-11(16)18-15(12-5-3-4-6-12)13-7-9-14(17-2)10-8-13/h7-10,12,15H,3-6H2,1-2H3. The van der Waals surface area contributed by atoms with Crippen LogP contribution in [0.1, 0.15) is 44.3 Å². The average molecular weight is 248 g/mol. The Balaban J connectivity index is 2.17. The van der Waals surface area contributed by atoms with Gasteiger partial charge in [0.05, 0.1) is 7.11 Å². The summed E-state index contributed by atoms with van der Waals surface area (Å²) in [5.41, 5.74) is 1.07. The van der Waals surface area contributed by atoms with Crippen molar-refractivity contribution in [1.29, 1.82) is 0 Å². The maximum Gasteiger partial charge on any atom is 0.303 e. The molecule has 0 bridgehead atoms. The molecular formula is C15H20O3. The highest BCUT2D eigenvalue weighted by molar-refractivity contribution is 5.66. The Bertz CT molecular complexity index is 391. The Kier molecular flexibility index (Phi) is 4.24. The lowest BCUT2D eigenvalue weighted by atomic mass is 9.94. The number of methoxy groups -OCH3 is 1. The van der Waals surface area contributed by atoms with Crippen LogP contribution in [0.2, 0.25) is 0 Å². The van der Waals surface area contributed by atoms with E-state index in [9.17, 15) is 4.79 Å². The van der Waals surface area contributed by atoms with Gasteiger partial charge in [0.1, 0.15) is 11.9 Å². The van der Waals surface area contributed by atoms with E-state index in [4.69, 9.17) is 9.47 Å². The molecule has 0 amide bonds. The predicted molar refractivity (Wildman–Crippen MR) is 69.5 cm³/mol. The molecule has 0 aromatic heterocycles.